The Morgan fingerprint density at radius 2 is 1.02 bits per heavy atom. The molecule has 0 aromatic carbocycles. The molecule has 10 heteroatoms. The van der Waals surface area contributed by atoms with Crippen LogP contribution in [0.1, 0.15) is 194 Å². The van der Waals surface area contributed by atoms with Crippen molar-refractivity contribution in [2.24, 2.45) is 0 Å². The zero-order valence-electron chi connectivity index (χ0n) is 32.6. The minimum absolute atomic E-state index is 0.0156. The lowest BCUT2D eigenvalue weighted by molar-refractivity contribution is -0.161. The van der Waals surface area contributed by atoms with Crippen molar-refractivity contribution in [3.8, 4) is 0 Å². The van der Waals surface area contributed by atoms with E-state index in [9.17, 15) is 19.0 Å². The topological polar surface area (TPSA) is 120 Å². The van der Waals surface area contributed by atoms with Crippen molar-refractivity contribution >= 4 is 19.8 Å². The van der Waals surface area contributed by atoms with E-state index in [4.69, 9.17) is 18.5 Å². The molecule has 0 heterocycles. The Hall–Kier alpha value is -1.25. The van der Waals surface area contributed by atoms with Crippen LogP contribution in [0, 0.1) is 0 Å². The Morgan fingerprint density at radius 3 is 1.48 bits per heavy atom. The standard InChI is InChI=1S/C40H78NO8P/c1-4-6-8-10-12-14-16-18-19-21-23-25-27-29-31-33-40(43)49-38(37-48-50(44,45)47-35-34-41-3)36-46-39(42)32-30-28-26-24-22-20-17-15-13-11-9-7-5-2/h18-19,38,41H,4-17,20-37H2,1-3H3,(H,44,45)/b19-18-/t38-/m1/s1. The second kappa shape index (κ2) is 37.5. The summed E-state index contributed by atoms with van der Waals surface area (Å²) in [6, 6.07) is 0. The molecule has 0 bridgehead atoms. The molecule has 2 atom stereocenters. The van der Waals surface area contributed by atoms with Crippen molar-refractivity contribution in [1.82, 2.24) is 5.32 Å². The Morgan fingerprint density at radius 1 is 0.600 bits per heavy atom. The van der Waals surface area contributed by atoms with Gasteiger partial charge in [0.15, 0.2) is 6.10 Å². The van der Waals surface area contributed by atoms with Gasteiger partial charge >= 0.3 is 19.8 Å². The molecule has 50 heavy (non-hydrogen) atoms. The number of phosphoric acid groups is 1. The molecule has 0 saturated heterocycles. The molecule has 0 rings (SSSR count). The van der Waals surface area contributed by atoms with E-state index in [1.54, 1.807) is 7.05 Å². The maximum Gasteiger partial charge on any atom is 0.472 e. The summed E-state index contributed by atoms with van der Waals surface area (Å²) in [4.78, 5) is 34.9. The van der Waals surface area contributed by atoms with Crippen LogP contribution in [0.5, 0.6) is 0 Å². The maximum absolute atomic E-state index is 12.6. The second-order valence-electron chi connectivity index (χ2n) is 13.8. The van der Waals surface area contributed by atoms with Crippen LogP contribution in [-0.2, 0) is 32.7 Å². The van der Waals surface area contributed by atoms with E-state index in [1.807, 2.05) is 0 Å². The summed E-state index contributed by atoms with van der Waals surface area (Å²) in [6.45, 7) is 4.22. The number of hydrogen-bond acceptors (Lipinski definition) is 8. The Labute approximate surface area is 307 Å². The van der Waals surface area contributed by atoms with Crippen LogP contribution in [-0.4, -0.2) is 56.3 Å². The monoisotopic (exact) mass is 732 g/mol. The fourth-order valence-electron chi connectivity index (χ4n) is 5.72. The maximum atomic E-state index is 12.6. The highest BCUT2D eigenvalue weighted by Gasteiger charge is 2.26. The Bertz CT molecular complexity index is 840. The number of rotatable bonds is 39. The van der Waals surface area contributed by atoms with Gasteiger partial charge < -0.3 is 19.7 Å². The smallest absolute Gasteiger partial charge is 0.462 e. The summed E-state index contributed by atoms with van der Waals surface area (Å²) in [5, 5.41) is 2.82. The number of nitrogens with one attached hydrogen (secondary N) is 1. The molecule has 0 aromatic rings. The van der Waals surface area contributed by atoms with E-state index in [0.717, 1.165) is 51.4 Å². The zero-order valence-corrected chi connectivity index (χ0v) is 33.5. The molecule has 296 valence electrons. The van der Waals surface area contributed by atoms with E-state index in [2.05, 4.69) is 31.3 Å². The largest absolute Gasteiger partial charge is 0.472 e. The Kier molecular flexibility index (Phi) is 36.6. The molecule has 1 unspecified atom stereocenters. The summed E-state index contributed by atoms with van der Waals surface area (Å²) in [7, 11) is -2.64. The summed E-state index contributed by atoms with van der Waals surface area (Å²) in [5.74, 6) is -0.809. The van der Waals surface area contributed by atoms with Crippen LogP contribution in [0.25, 0.3) is 0 Å². The predicted molar refractivity (Wildman–Crippen MR) is 206 cm³/mol. The highest BCUT2D eigenvalue weighted by Crippen LogP contribution is 2.43. The fourth-order valence-corrected chi connectivity index (χ4v) is 6.48. The molecule has 0 radical (unpaired) electrons. The van der Waals surface area contributed by atoms with Crippen molar-refractivity contribution < 1.29 is 37.6 Å². The number of allylic oxidation sites excluding steroid dienone is 2. The van der Waals surface area contributed by atoms with E-state index < -0.39 is 26.5 Å². The number of esters is 2. The third-order valence-corrected chi connectivity index (χ3v) is 9.87. The van der Waals surface area contributed by atoms with Crippen molar-refractivity contribution in [2.75, 3.05) is 33.4 Å². The van der Waals surface area contributed by atoms with Gasteiger partial charge in [-0.25, -0.2) is 4.57 Å². The average Bonchev–Trinajstić information content (AvgIpc) is 3.09. The van der Waals surface area contributed by atoms with E-state index in [0.29, 0.717) is 19.4 Å². The van der Waals surface area contributed by atoms with Crippen LogP contribution >= 0.6 is 7.82 Å². The van der Waals surface area contributed by atoms with Gasteiger partial charge in [0.1, 0.15) is 6.61 Å². The third-order valence-electron chi connectivity index (χ3n) is 8.89. The number of unbranched alkanes of at least 4 members (excludes halogenated alkanes) is 23. The summed E-state index contributed by atoms with van der Waals surface area (Å²) >= 11 is 0. The lowest BCUT2D eigenvalue weighted by atomic mass is 10.0. The molecule has 0 fully saturated rings. The van der Waals surface area contributed by atoms with Gasteiger partial charge in [0.2, 0.25) is 0 Å². The van der Waals surface area contributed by atoms with Gasteiger partial charge in [-0.05, 0) is 45.6 Å². The minimum Gasteiger partial charge on any atom is -0.462 e. The molecular formula is C40H78NO8P. The molecular weight excluding hydrogens is 653 g/mol. The second-order valence-corrected chi connectivity index (χ2v) is 15.3. The number of hydrogen-bond donors (Lipinski definition) is 2. The Balaban J connectivity index is 4.25. The molecule has 0 spiro atoms. The first kappa shape index (κ1) is 48.8. The van der Waals surface area contributed by atoms with E-state index >= 15 is 0 Å². The minimum atomic E-state index is -4.34. The molecule has 0 amide bonds. The van der Waals surface area contributed by atoms with Crippen molar-refractivity contribution in [1.29, 1.82) is 0 Å². The van der Waals surface area contributed by atoms with Gasteiger partial charge in [0.05, 0.1) is 13.2 Å². The number of carbonyl (C=O) groups excluding carboxylic acids is 2. The quantitative estimate of drug-likeness (QED) is 0.0275. The van der Waals surface area contributed by atoms with Crippen molar-refractivity contribution in [3.05, 3.63) is 12.2 Å². The lowest BCUT2D eigenvalue weighted by Crippen LogP contribution is -2.29. The normalized spacial score (nSPS) is 13.4. The first-order valence-electron chi connectivity index (χ1n) is 20.6. The van der Waals surface area contributed by atoms with Crippen LogP contribution in [0.15, 0.2) is 12.2 Å². The van der Waals surface area contributed by atoms with Crippen molar-refractivity contribution in [3.63, 3.8) is 0 Å². The molecule has 0 aromatic heterocycles. The molecule has 0 saturated carbocycles. The van der Waals surface area contributed by atoms with Crippen LogP contribution in [0.2, 0.25) is 0 Å². The fraction of sp³-hybridized carbons (Fsp3) is 0.900. The molecule has 2 N–H and O–H groups in total. The molecule has 0 aliphatic carbocycles. The number of ether oxygens (including phenoxy) is 2. The lowest BCUT2D eigenvalue weighted by Gasteiger charge is -2.20. The van der Waals surface area contributed by atoms with Gasteiger partial charge in [-0.2, -0.15) is 0 Å². The molecule has 0 aliphatic heterocycles. The highest BCUT2D eigenvalue weighted by atomic mass is 31.2. The van der Waals surface area contributed by atoms with Gasteiger partial charge in [0, 0.05) is 19.4 Å². The van der Waals surface area contributed by atoms with Gasteiger partial charge in [-0.3, -0.25) is 18.6 Å². The first-order chi connectivity index (χ1) is 24.3. The van der Waals surface area contributed by atoms with Crippen LogP contribution < -0.4 is 5.32 Å². The van der Waals surface area contributed by atoms with Gasteiger partial charge in [-0.1, -0.05) is 154 Å². The summed E-state index contributed by atoms with van der Waals surface area (Å²) in [6.07, 6.45) is 35.3. The molecule has 9 nitrogen and oxygen atoms in total. The first-order valence-corrected chi connectivity index (χ1v) is 22.1. The predicted octanol–water partition coefficient (Wildman–Crippen LogP) is 11.3. The average molecular weight is 732 g/mol. The number of phosphoric ester groups is 1. The number of likely N-dealkylation sites (N-methyl/N-ethyl adjacent to an activating group) is 1. The van der Waals surface area contributed by atoms with Crippen LogP contribution in [0.3, 0.4) is 0 Å². The molecule has 0 aliphatic rings. The SMILES string of the molecule is CCCCCCCC/C=C\CCCCCCCC(=O)O[C@H](COC(=O)CCCCCCCCCCCCCCC)COP(=O)(O)OCCNC. The summed E-state index contributed by atoms with van der Waals surface area (Å²) in [5.41, 5.74) is 0. The van der Waals surface area contributed by atoms with Gasteiger partial charge in [-0.15, -0.1) is 0 Å². The van der Waals surface area contributed by atoms with Gasteiger partial charge in [0.25, 0.3) is 0 Å². The summed E-state index contributed by atoms with van der Waals surface area (Å²) < 4.78 is 33.1. The zero-order chi connectivity index (χ0) is 36.8. The van der Waals surface area contributed by atoms with E-state index in [-0.39, 0.29) is 25.6 Å². The van der Waals surface area contributed by atoms with E-state index in [1.165, 1.54) is 109 Å². The van der Waals surface area contributed by atoms with Crippen molar-refractivity contribution in [2.45, 2.75) is 200 Å². The third kappa shape index (κ3) is 36.5. The highest BCUT2D eigenvalue weighted by molar-refractivity contribution is 7.47. The van der Waals surface area contributed by atoms with Crippen LogP contribution in [0.4, 0.5) is 0 Å². The number of carbonyl (C=O) groups is 2.